The number of unbranched alkanes of at least 4 members (excludes halogenated alkanes) is 1. The first-order chi connectivity index (χ1) is 18.7. The van der Waals surface area contributed by atoms with Gasteiger partial charge in [0.2, 0.25) is 0 Å². The fourth-order valence-electron chi connectivity index (χ4n) is 3.94. The van der Waals surface area contributed by atoms with Crippen LogP contribution in [-0.2, 0) is 23.6 Å². The summed E-state index contributed by atoms with van der Waals surface area (Å²) in [4.78, 5) is 26.1. The predicted molar refractivity (Wildman–Crippen MR) is 146 cm³/mol. The number of nitrogens with zero attached hydrogens (tertiary/aromatic N) is 1. The van der Waals surface area contributed by atoms with Crippen molar-refractivity contribution in [1.82, 2.24) is 4.90 Å². The fraction of sp³-hybridized carbons (Fsp3) is 0.222. The summed E-state index contributed by atoms with van der Waals surface area (Å²) < 4.78 is 79.7. The molecule has 1 amide bonds. The Morgan fingerprint density at radius 1 is 0.925 bits per heavy atom. The van der Waals surface area contributed by atoms with Crippen LogP contribution in [0.1, 0.15) is 44.8 Å². The molecule has 2 heterocycles. The third kappa shape index (κ3) is 7.12. The monoisotopic (exact) mass is 615 g/mol. The maximum atomic E-state index is 13.2. The predicted octanol–water partition coefficient (Wildman–Crippen LogP) is 8.38. The molecule has 1 N–H and O–H groups in total. The molecule has 0 atom stereocenters. The highest BCUT2D eigenvalue weighted by Gasteiger charge is 2.37. The molecule has 0 spiro atoms. The van der Waals surface area contributed by atoms with E-state index in [0.29, 0.717) is 45.6 Å². The Bertz CT molecular complexity index is 1440. The summed E-state index contributed by atoms with van der Waals surface area (Å²) in [5, 5.41) is 10.4. The summed E-state index contributed by atoms with van der Waals surface area (Å²) in [7, 11) is 0. The second-order valence-corrected chi connectivity index (χ2v) is 11.4. The van der Waals surface area contributed by atoms with Gasteiger partial charge in [0.25, 0.3) is 5.91 Å². The van der Waals surface area contributed by atoms with Gasteiger partial charge in [-0.2, -0.15) is 26.3 Å². The van der Waals surface area contributed by atoms with Crippen LogP contribution in [0.3, 0.4) is 0 Å². The molecule has 1 aliphatic heterocycles. The number of aromatic carboxylic acids is 1. The van der Waals surface area contributed by atoms with E-state index in [9.17, 15) is 35.9 Å². The molecule has 40 heavy (non-hydrogen) atoms. The van der Waals surface area contributed by atoms with Crippen molar-refractivity contribution in [1.29, 1.82) is 0 Å². The van der Waals surface area contributed by atoms with Gasteiger partial charge in [-0.25, -0.2) is 4.79 Å². The number of benzene rings is 2. The normalized spacial score (nSPS) is 15.3. The van der Waals surface area contributed by atoms with E-state index in [1.54, 1.807) is 12.1 Å². The van der Waals surface area contributed by atoms with E-state index in [1.807, 2.05) is 0 Å². The molecule has 4 rings (SSSR count). The Morgan fingerprint density at radius 3 is 2.12 bits per heavy atom. The van der Waals surface area contributed by atoms with Crippen LogP contribution in [0.25, 0.3) is 17.2 Å². The van der Waals surface area contributed by atoms with Crippen molar-refractivity contribution in [3.8, 4) is 11.1 Å². The largest absolute Gasteiger partial charge is 0.478 e. The molecule has 1 aliphatic rings. The summed E-state index contributed by atoms with van der Waals surface area (Å²) >= 11 is 7.49. The minimum atomic E-state index is -4.95. The van der Waals surface area contributed by atoms with Crippen LogP contribution in [0.5, 0.6) is 0 Å². The zero-order valence-corrected chi connectivity index (χ0v) is 22.8. The van der Waals surface area contributed by atoms with Crippen molar-refractivity contribution in [3.05, 3.63) is 85.9 Å². The lowest BCUT2D eigenvalue weighted by Crippen LogP contribution is -2.29. The summed E-state index contributed by atoms with van der Waals surface area (Å²) in [6, 6.07) is 9.39. The second-order valence-electron chi connectivity index (χ2n) is 8.82. The van der Waals surface area contributed by atoms with Crippen LogP contribution in [0.4, 0.5) is 26.3 Å². The van der Waals surface area contributed by atoms with Crippen molar-refractivity contribution in [2.24, 2.45) is 0 Å². The Balaban J connectivity index is 1.42. The van der Waals surface area contributed by atoms with E-state index in [4.69, 9.17) is 17.3 Å². The molecule has 0 radical (unpaired) electrons. The van der Waals surface area contributed by atoms with E-state index in [2.05, 4.69) is 0 Å². The van der Waals surface area contributed by atoms with Crippen molar-refractivity contribution < 1.29 is 41.0 Å². The number of thiophene rings is 1. The third-order valence-corrected chi connectivity index (χ3v) is 8.24. The topological polar surface area (TPSA) is 57.6 Å². The van der Waals surface area contributed by atoms with Crippen LogP contribution in [0.2, 0.25) is 0 Å². The van der Waals surface area contributed by atoms with Crippen molar-refractivity contribution in [2.75, 3.05) is 6.54 Å². The lowest BCUT2D eigenvalue weighted by Gasteiger charge is -2.14. The number of amides is 1. The number of thioether (sulfide) groups is 1. The van der Waals surface area contributed by atoms with E-state index >= 15 is 0 Å². The van der Waals surface area contributed by atoms with Gasteiger partial charge in [0.15, 0.2) is 0 Å². The molecule has 210 valence electrons. The molecule has 0 bridgehead atoms. The number of thiocarbonyl (C=S) groups is 1. The zero-order valence-electron chi connectivity index (χ0n) is 20.3. The summed E-state index contributed by atoms with van der Waals surface area (Å²) in [6.07, 6.45) is -6.32. The van der Waals surface area contributed by atoms with Gasteiger partial charge in [0, 0.05) is 11.4 Å². The summed E-state index contributed by atoms with van der Waals surface area (Å²) in [5.74, 6) is -1.33. The average Bonchev–Trinajstić information content (AvgIpc) is 3.45. The number of alkyl halides is 6. The number of hydrogen-bond donors (Lipinski definition) is 1. The van der Waals surface area contributed by atoms with Crippen LogP contribution >= 0.6 is 35.3 Å². The number of carbonyl (C=O) groups excluding carboxylic acids is 1. The zero-order chi connectivity index (χ0) is 29.2. The molecule has 0 unspecified atom stereocenters. The summed E-state index contributed by atoms with van der Waals surface area (Å²) in [5.41, 5.74) is -1.70. The number of halogens is 6. The first-order valence-electron chi connectivity index (χ1n) is 11.7. The Morgan fingerprint density at radius 2 is 1.55 bits per heavy atom. The van der Waals surface area contributed by atoms with E-state index < -0.39 is 29.4 Å². The molecule has 0 aliphatic carbocycles. The standard InChI is InChI=1S/C27H19F6NO3S3/c28-26(29,30)19-9-17(10-20(12-19)27(31,32)33)18-11-21(39-14-18)13-22-23(35)34(25(38)40-22)8-2-1-3-15-4-6-16(7-5-15)24(36)37/h4-7,9-14H,1-3,8H2,(H,36,37)/b22-13-. The molecule has 1 fully saturated rings. The van der Waals surface area contributed by atoms with Gasteiger partial charge in [-0.3, -0.25) is 9.69 Å². The molecule has 4 nitrogen and oxygen atoms in total. The molecule has 1 saturated heterocycles. The average molecular weight is 616 g/mol. The number of carboxylic acids is 1. The smallest absolute Gasteiger partial charge is 0.416 e. The number of rotatable bonds is 8. The quantitative estimate of drug-likeness (QED) is 0.119. The minimum absolute atomic E-state index is 0.0805. The number of carboxylic acid groups (broad SMARTS) is 1. The van der Waals surface area contributed by atoms with Crippen LogP contribution in [0.15, 0.2) is 58.8 Å². The second kappa shape index (κ2) is 11.8. The van der Waals surface area contributed by atoms with Gasteiger partial charge >= 0.3 is 18.3 Å². The number of aryl methyl sites for hydroxylation is 1. The Labute approximate surface area is 238 Å². The van der Waals surface area contributed by atoms with E-state index in [-0.39, 0.29) is 28.7 Å². The maximum absolute atomic E-state index is 13.2. The number of hydrogen-bond acceptors (Lipinski definition) is 5. The van der Waals surface area contributed by atoms with E-state index in [0.717, 1.165) is 35.1 Å². The van der Waals surface area contributed by atoms with Crippen molar-refractivity contribution in [3.63, 3.8) is 0 Å². The molecule has 3 aromatic rings. The molecular weight excluding hydrogens is 596 g/mol. The molecule has 1 aromatic heterocycles. The summed E-state index contributed by atoms with van der Waals surface area (Å²) in [6.45, 7) is 0.370. The van der Waals surface area contributed by atoms with Gasteiger partial charge in [0.05, 0.1) is 21.6 Å². The Kier molecular flexibility index (Phi) is 8.76. The molecular formula is C27H19F6NO3S3. The lowest BCUT2D eigenvalue weighted by molar-refractivity contribution is -0.143. The van der Waals surface area contributed by atoms with Crippen LogP contribution in [0, 0.1) is 0 Å². The molecule has 2 aromatic carbocycles. The highest BCUT2D eigenvalue weighted by molar-refractivity contribution is 8.26. The first kappa shape index (κ1) is 29.8. The van der Waals surface area contributed by atoms with Gasteiger partial charge in [-0.1, -0.05) is 36.1 Å². The van der Waals surface area contributed by atoms with E-state index in [1.165, 1.54) is 34.6 Å². The van der Waals surface area contributed by atoms with Crippen molar-refractivity contribution >= 4 is 57.6 Å². The lowest BCUT2D eigenvalue weighted by atomic mass is 10.0. The van der Waals surface area contributed by atoms with Gasteiger partial charge in [-0.15, -0.1) is 11.3 Å². The minimum Gasteiger partial charge on any atom is -0.478 e. The van der Waals surface area contributed by atoms with Crippen LogP contribution in [-0.4, -0.2) is 32.7 Å². The SMILES string of the molecule is O=C(O)c1ccc(CCCCN2C(=O)/C(=C/c3cc(-c4cc(C(F)(F)F)cc(C(F)(F)F)c4)cs3)SC2=S)cc1. The van der Waals surface area contributed by atoms with Gasteiger partial charge in [0.1, 0.15) is 4.32 Å². The molecule has 13 heteroatoms. The van der Waals surface area contributed by atoms with Gasteiger partial charge in [-0.05, 0) is 83.8 Å². The van der Waals surface area contributed by atoms with Crippen LogP contribution < -0.4 is 0 Å². The molecule has 0 saturated carbocycles. The highest BCUT2D eigenvalue weighted by atomic mass is 32.2. The highest BCUT2D eigenvalue weighted by Crippen LogP contribution is 2.40. The number of carbonyl (C=O) groups is 2. The maximum Gasteiger partial charge on any atom is 0.416 e. The van der Waals surface area contributed by atoms with Crippen molar-refractivity contribution in [2.45, 2.75) is 31.6 Å². The fourth-order valence-corrected chi connectivity index (χ4v) is 6.16. The van der Waals surface area contributed by atoms with Gasteiger partial charge < -0.3 is 5.11 Å². The third-order valence-electron chi connectivity index (χ3n) is 5.99. The Hall–Kier alpha value is -3.16. The first-order valence-corrected chi connectivity index (χ1v) is 13.8.